The summed E-state index contributed by atoms with van der Waals surface area (Å²) in [5.41, 5.74) is 9.10. The Morgan fingerprint density at radius 3 is 1.21 bits per heavy atom. The van der Waals surface area contributed by atoms with E-state index in [1.54, 1.807) is 24.4 Å². The van der Waals surface area contributed by atoms with Gasteiger partial charge in [-0.25, -0.2) is 0 Å². The number of hydrogen-bond acceptors (Lipinski definition) is 3. The molecule has 0 bridgehead atoms. The molecule has 0 amide bonds. The minimum atomic E-state index is -2.01. The van der Waals surface area contributed by atoms with Crippen LogP contribution in [-0.4, -0.2) is 18.4 Å². The number of fused-ring (bicyclic) bond motifs is 3. The fraction of sp³-hybridized carbons (Fsp3) is 0.547. The van der Waals surface area contributed by atoms with Crippen LogP contribution in [0.4, 0.5) is 0 Å². The number of unbranched alkanes of at least 4 members (excludes halogenated alkanes) is 13. The monoisotopic (exact) mass is 928 g/mol. The Labute approximate surface area is 366 Å². The zero-order valence-corrected chi connectivity index (χ0v) is 42.0. The van der Waals surface area contributed by atoms with Crippen LogP contribution in [0.2, 0.25) is 13.3 Å². The van der Waals surface area contributed by atoms with Crippen LogP contribution in [0.25, 0.3) is 32.0 Å². The molecular weight excluding hydrogens is 851 g/mol. The van der Waals surface area contributed by atoms with Crippen LogP contribution in [0.1, 0.15) is 174 Å². The molecule has 3 heterocycles. The summed E-state index contributed by atoms with van der Waals surface area (Å²) in [5.74, 6) is 0. The molecule has 0 fully saturated rings. The van der Waals surface area contributed by atoms with E-state index in [1.807, 2.05) is 25.6 Å². The average molecular weight is 928 g/mol. The van der Waals surface area contributed by atoms with E-state index in [-0.39, 0.29) is 5.41 Å². The van der Waals surface area contributed by atoms with Gasteiger partial charge in [0.25, 0.3) is 0 Å². The van der Waals surface area contributed by atoms with Gasteiger partial charge in [0.1, 0.15) is 0 Å². The minimum absolute atomic E-state index is 0.126. The van der Waals surface area contributed by atoms with E-state index in [1.165, 1.54) is 160 Å². The van der Waals surface area contributed by atoms with Gasteiger partial charge in [-0.1, -0.05) is 127 Å². The molecule has 4 heteroatoms. The van der Waals surface area contributed by atoms with Crippen LogP contribution in [-0.2, 0) is 5.41 Å². The zero-order valence-electron chi connectivity index (χ0n) is 36.6. The van der Waals surface area contributed by atoms with Gasteiger partial charge in [0.05, 0.1) is 0 Å². The first-order valence-corrected chi connectivity index (χ1v) is 33.6. The maximum absolute atomic E-state index is 2.58. The third-order valence-electron chi connectivity index (χ3n) is 13.0. The SMILES string of the molecule is CCCCCCCCC1(CCCCCCCC)c2cc(-c3cccs3)ccc2-c2ccc(-c3cccs3)cc21.CCC[CH2][Sn]([CH2]CCC)([CH2]CCC)[c]1cccs1. The molecule has 5 aromatic rings. The normalized spacial score (nSPS) is 13.0. The van der Waals surface area contributed by atoms with Gasteiger partial charge in [-0.05, 0) is 81.2 Å². The van der Waals surface area contributed by atoms with Gasteiger partial charge in [-0.3, -0.25) is 0 Å². The third kappa shape index (κ3) is 12.7. The average Bonchev–Trinajstić information content (AvgIpc) is 4.10. The summed E-state index contributed by atoms with van der Waals surface area (Å²) in [7, 11) is 0. The number of benzene rings is 2. The second kappa shape index (κ2) is 25.2. The van der Waals surface area contributed by atoms with Gasteiger partial charge >= 0.3 is 123 Å². The molecule has 0 saturated carbocycles. The van der Waals surface area contributed by atoms with Crippen molar-refractivity contribution in [3.63, 3.8) is 0 Å². The zero-order chi connectivity index (χ0) is 40.2. The van der Waals surface area contributed by atoms with Crippen LogP contribution in [0, 0.1) is 0 Å². The van der Waals surface area contributed by atoms with E-state index in [9.17, 15) is 0 Å². The van der Waals surface area contributed by atoms with Gasteiger partial charge in [0.15, 0.2) is 0 Å². The summed E-state index contributed by atoms with van der Waals surface area (Å²) in [6.07, 6.45) is 27.4. The Morgan fingerprint density at radius 2 is 0.825 bits per heavy atom. The first kappa shape index (κ1) is 46.4. The Balaban J connectivity index is 0.000000290. The molecule has 0 saturated heterocycles. The Kier molecular flexibility index (Phi) is 20.5. The van der Waals surface area contributed by atoms with Crippen molar-refractivity contribution in [3.05, 3.63) is 100 Å². The number of rotatable bonds is 26. The van der Waals surface area contributed by atoms with Gasteiger partial charge in [0.2, 0.25) is 0 Å². The molecule has 0 aliphatic heterocycles. The van der Waals surface area contributed by atoms with Crippen molar-refractivity contribution in [2.24, 2.45) is 0 Å². The van der Waals surface area contributed by atoms with E-state index >= 15 is 0 Å². The summed E-state index contributed by atoms with van der Waals surface area (Å²) in [6, 6.07) is 28.5. The Hall–Kier alpha value is -1.66. The second-order valence-corrected chi connectivity index (χ2v) is 34.2. The van der Waals surface area contributed by atoms with Crippen molar-refractivity contribution in [3.8, 4) is 32.0 Å². The van der Waals surface area contributed by atoms with Crippen LogP contribution in [0.15, 0.2) is 88.9 Å². The van der Waals surface area contributed by atoms with Crippen molar-refractivity contribution in [2.45, 2.75) is 182 Å². The molecule has 6 rings (SSSR count). The van der Waals surface area contributed by atoms with Gasteiger partial charge in [0, 0.05) is 15.2 Å². The molecule has 57 heavy (non-hydrogen) atoms. The summed E-state index contributed by atoms with van der Waals surface area (Å²) in [5, 5.41) is 6.74. The van der Waals surface area contributed by atoms with Crippen LogP contribution in [0.5, 0.6) is 0 Å². The molecule has 2 aromatic carbocycles. The van der Waals surface area contributed by atoms with Crippen LogP contribution >= 0.6 is 34.0 Å². The molecule has 0 unspecified atom stereocenters. The van der Waals surface area contributed by atoms with Gasteiger partial charge in [-0.2, -0.15) is 0 Å². The Morgan fingerprint density at radius 1 is 0.421 bits per heavy atom. The molecule has 1 aliphatic rings. The van der Waals surface area contributed by atoms with Crippen molar-refractivity contribution < 1.29 is 0 Å². The van der Waals surface area contributed by atoms with Crippen molar-refractivity contribution >= 4 is 55.3 Å². The summed E-state index contributed by atoms with van der Waals surface area (Å²) >= 11 is 3.79. The van der Waals surface area contributed by atoms with Crippen molar-refractivity contribution in [1.29, 1.82) is 0 Å². The summed E-state index contributed by atoms with van der Waals surface area (Å²) < 4.78 is 6.67. The fourth-order valence-corrected chi connectivity index (χ4v) is 30.9. The van der Waals surface area contributed by atoms with E-state index in [4.69, 9.17) is 0 Å². The summed E-state index contributed by atoms with van der Waals surface area (Å²) in [4.78, 5) is 2.78. The van der Waals surface area contributed by atoms with Crippen molar-refractivity contribution in [2.75, 3.05) is 0 Å². The van der Waals surface area contributed by atoms with Crippen LogP contribution in [0.3, 0.4) is 0 Å². The molecule has 3 aromatic heterocycles. The molecule has 0 nitrogen and oxygen atoms in total. The molecular formula is C53H76S3Sn. The third-order valence-corrected chi connectivity index (χ3v) is 34.1. The van der Waals surface area contributed by atoms with E-state index in [2.05, 4.69) is 135 Å². The first-order valence-electron chi connectivity index (χ1n) is 23.5. The topological polar surface area (TPSA) is 0 Å². The maximum atomic E-state index is 2.58. The van der Waals surface area contributed by atoms with Gasteiger partial charge < -0.3 is 0 Å². The van der Waals surface area contributed by atoms with E-state index < -0.39 is 18.4 Å². The number of hydrogen-bond donors (Lipinski definition) is 0. The first-order chi connectivity index (χ1) is 28.1. The van der Waals surface area contributed by atoms with Gasteiger partial charge in [-0.15, -0.1) is 22.7 Å². The molecule has 1 aliphatic carbocycles. The van der Waals surface area contributed by atoms with E-state index in [0.717, 1.165) is 0 Å². The fourth-order valence-electron chi connectivity index (χ4n) is 9.64. The quantitative estimate of drug-likeness (QED) is 0.0383. The second-order valence-electron chi connectivity index (χ2n) is 17.2. The molecule has 310 valence electrons. The predicted molar refractivity (Wildman–Crippen MR) is 264 cm³/mol. The van der Waals surface area contributed by atoms with Crippen LogP contribution < -0.4 is 2.89 Å². The summed E-state index contributed by atoms with van der Waals surface area (Å²) in [6.45, 7) is 11.7. The van der Waals surface area contributed by atoms with E-state index in [0.29, 0.717) is 0 Å². The molecule has 0 radical (unpaired) electrons. The standard InChI is InChI=1S/C37H46S2.C4H3S.3C4H9.Sn/c1-3-5-7-9-11-13-23-37(24-14-12-10-8-6-4-2)33-27-29(35-17-15-25-38-35)19-21-31(33)32-22-20-30(28-34(32)37)36-18-16-26-39-36;1-2-4-5-3-1;3*1-3-4-2;/h15-22,25-28H,3-14,23-24H2,1-2H3;1-3H;3*1,3-4H2,2H3;. The molecule has 0 atom stereocenters. The molecule has 0 N–H and O–H groups in total. The molecule has 0 spiro atoms. The Bertz CT molecular complexity index is 1660. The number of thiophene rings is 3. The van der Waals surface area contributed by atoms with Crippen molar-refractivity contribution in [1.82, 2.24) is 0 Å². The predicted octanol–water partition coefficient (Wildman–Crippen LogP) is 18.7.